The molecule has 3 rings (SSSR count). The van der Waals surface area contributed by atoms with Gasteiger partial charge in [-0.1, -0.05) is 68.7 Å². The molecule has 0 fully saturated rings. The van der Waals surface area contributed by atoms with Crippen LogP contribution < -0.4 is 5.73 Å². The molecule has 2 N–H and O–H groups in total. The minimum atomic E-state index is 0.871. The Hall–Kier alpha value is -2.28. The van der Waals surface area contributed by atoms with Crippen molar-refractivity contribution in [3.8, 4) is 0 Å². The Morgan fingerprint density at radius 3 is 2.48 bits per heavy atom. The molecule has 0 unspecified atom stereocenters. The molecule has 27 heavy (non-hydrogen) atoms. The van der Waals surface area contributed by atoms with E-state index in [2.05, 4.69) is 69.3 Å². The van der Waals surface area contributed by atoms with Crippen LogP contribution in [-0.4, -0.2) is 0 Å². The molecule has 0 atom stereocenters. The summed E-state index contributed by atoms with van der Waals surface area (Å²) < 4.78 is 0. The Balaban J connectivity index is 2.25. The molecule has 1 aliphatic rings. The molecule has 0 saturated heterocycles. The van der Waals surface area contributed by atoms with Crippen molar-refractivity contribution in [3.63, 3.8) is 0 Å². The molecule has 0 bridgehead atoms. The molecule has 1 aliphatic carbocycles. The number of nitrogen functional groups attached to an aromatic ring is 1. The Bertz CT molecular complexity index is 837. The number of allylic oxidation sites excluding steroid dienone is 3. The van der Waals surface area contributed by atoms with Gasteiger partial charge in [0.05, 0.1) is 0 Å². The summed E-state index contributed by atoms with van der Waals surface area (Å²) >= 11 is 0. The summed E-state index contributed by atoms with van der Waals surface area (Å²) in [6, 6.07) is 15.5. The second kappa shape index (κ2) is 9.08. The first-order valence-electron chi connectivity index (χ1n) is 10.5. The molecule has 1 heteroatoms. The first-order valence-corrected chi connectivity index (χ1v) is 10.5. The summed E-state index contributed by atoms with van der Waals surface area (Å²) in [5, 5.41) is 0. The monoisotopic (exact) mass is 359 g/mol. The van der Waals surface area contributed by atoms with Gasteiger partial charge in [-0.15, -0.1) is 0 Å². The summed E-state index contributed by atoms with van der Waals surface area (Å²) in [4.78, 5) is 0. The number of fused-ring (bicyclic) bond motifs is 1. The van der Waals surface area contributed by atoms with Crippen molar-refractivity contribution in [1.82, 2.24) is 0 Å². The molecule has 2 aromatic rings. The third kappa shape index (κ3) is 4.53. The number of benzene rings is 2. The van der Waals surface area contributed by atoms with Crippen LogP contribution in [0.5, 0.6) is 0 Å². The van der Waals surface area contributed by atoms with E-state index >= 15 is 0 Å². The largest absolute Gasteiger partial charge is 0.399 e. The second-order valence-corrected chi connectivity index (χ2v) is 7.76. The van der Waals surface area contributed by atoms with E-state index < -0.39 is 0 Å². The van der Waals surface area contributed by atoms with Crippen LogP contribution in [0.15, 0.2) is 59.7 Å². The van der Waals surface area contributed by atoms with Crippen molar-refractivity contribution in [3.05, 3.63) is 81.9 Å². The lowest BCUT2D eigenvalue weighted by Crippen LogP contribution is -2.00. The molecule has 0 spiro atoms. The maximum atomic E-state index is 6.12. The van der Waals surface area contributed by atoms with Gasteiger partial charge in [-0.2, -0.15) is 0 Å². The van der Waals surface area contributed by atoms with Gasteiger partial charge in [-0.25, -0.2) is 0 Å². The number of hydrogen-bond donors (Lipinski definition) is 1. The Kier molecular flexibility index (Phi) is 6.55. The predicted molar refractivity (Wildman–Crippen MR) is 119 cm³/mol. The average molecular weight is 360 g/mol. The van der Waals surface area contributed by atoms with Crippen LogP contribution in [0.25, 0.3) is 5.57 Å². The summed E-state index contributed by atoms with van der Waals surface area (Å²) in [5.74, 6) is 0. The average Bonchev–Trinajstić information content (AvgIpc) is 2.85. The molecule has 0 radical (unpaired) electrons. The summed E-state index contributed by atoms with van der Waals surface area (Å²) in [7, 11) is 0. The lowest BCUT2D eigenvalue weighted by atomic mass is 9.85. The third-order valence-corrected chi connectivity index (χ3v) is 5.50. The highest BCUT2D eigenvalue weighted by Crippen LogP contribution is 2.40. The van der Waals surface area contributed by atoms with Crippen LogP contribution >= 0.6 is 0 Å². The lowest BCUT2D eigenvalue weighted by molar-refractivity contribution is 0.801. The number of aryl methyl sites for hydroxylation is 2. The second-order valence-electron chi connectivity index (χ2n) is 7.76. The van der Waals surface area contributed by atoms with Crippen LogP contribution in [0, 0.1) is 6.92 Å². The fraction of sp³-hybridized carbons (Fsp3) is 0.385. The SMILES string of the molecule is CCC/C=C(\CCC)C1=C(c2ccc(C)cc2)c2ccc(N)cc2CCC1. The van der Waals surface area contributed by atoms with Crippen molar-refractivity contribution in [2.75, 3.05) is 5.73 Å². The smallest absolute Gasteiger partial charge is 0.0317 e. The minimum absolute atomic E-state index is 0.871. The Morgan fingerprint density at radius 1 is 1.00 bits per heavy atom. The van der Waals surface area contributed by atoms with Crippen LogP contribution in [0.4, 0.5) is 5.69 Å². The Morgan fingerprint density at radius 2 is 1.78 bits per heavy atom. The number of hydrogen-bond acceptors (Lipinski definition) is 1. The van der Waals surface area contributed by atoms with Gasteiger partial charge in [0.1, 0.15) is 0 Å². The van der Waals surface area contributed by atoms with Crippen LogP contribution in [0.1, 0.15) is 74.6 Å². The van der Waals surface area contributed by atoms with E-state index in [9.17, 15) is 0 Å². The summed E-state index contributed by atoms with van der Waals surface area (Å²) in [5.41, 5.74) is 16.9. The van der Waals surface area contributed by atoms with E-state index in [0.717, 1.165) is 31.4 Å². The zero-order valence-electron chi connectivity index (χ0n) is 17.1. The first-order chi connectivity index (χ1) is 13.1. The lowest BCUT2D eigenvalue weighted by Gasteiger charge is -2.19. The van der Waals surface area contributed by atoms with Gasteiger partial charge >= 0.3 is 0 Å². The van der Waals surface area contributed by atoms with Gasteiger partial charge in [0.2, 0.25) is 0 Å². The summed E-state index contributed by atoms with van der Waals surface area (Å²) in [6.07, 6.45) is 10.6. The maximum Gasteiger partial charge on any atom is 0.0317 e. The highest BCUT2D eigenvalue weighted by atomic mass is 14.5. The van der Waals surface area contributed by atoms with Crippen molar-refractivity contribution < 1.29 is 0 Å². The standard InChI is InChI=1S/C26H33N/c1-4-6-9-20(8-5-2)24-11-7-10-22-18-23(27)16-17-25(22)26(24)21-14-12-19(3)13-15-21/h9,12-18H,4-8,10-11,27H2,1-3H3/b20-9+. The summed E-state index contributed by atoms with van der Waals surface area (Å²) in [6.45, 7) is 6.71. The van der Waals surface area contributed by atoms with Crippen molar-refractivity contribution >= 4 is 11.3 Å². The Labute approximate surface area is 165 Å². The number of unbranched alkanes of at least 4 members (excludes halogenated alkanes) is 1. The van der Waals surface area contributed by atoms with Gasteiger partial charge < -0.3 is 5.73 Å². The molecule has 142 valence electrons. The van der Waals surface area contributed by atoms with Crippen LogP contribution in [-0.2, 0) is 6.42 Å². The van der Waals surface area contributed by atoms with E-state index in [-0.39, 0.29) is 0 Å². The fourth-order valence-electron chi connectivity index (χ4n) is 4.14. The minimum Gasteiger partial charge on any atom is -0.399 e. The zero-order valence-corrected chi connectivity index (χ0v) is 17.1. The van der Waals surface area contributed by atoms with Gasteiger partial charge in [-0.05, 0) is 84.6 Å². The maximum absolute atomic E-state index is 6.12. The molecular weight excluding hydrogens is 326 g/mol. The van der Waals surface area contributed by atoms with Crippen molar-refractivity contribution in [1.29, 1.82) is 0 Å². The van der Waals surface area contributed by atoms with E-state index in [1.807, 2.05) is 0 Å². The first kappa shape index (κ1) is 19.5. The molecule has 0 aliphatic heterocycles. The van der Waals surface area contributed by atoms with Crippen molar-refractivity contribution in [2.45, 2.75) is 65.7 Å². The molecular formula is C26H33N. The van der Waals surface area contributed by atoms with Gasteiger partial charge in [0.15, 0.2) is 0 Å². The third-order valence-electron chi connectivity index (χ3n) is 5.50. The van der Waals surface area contributed by atoms with Gasteiger partial charge in [0.25, 0.3) is 0 Å². The quantitative estimate of drug-likeness (QED) is 0.540. The molecule has 2 aromatic carbocycles. The van der Waals surface area contributed by atoms with E-state index in [1.165, 1.54) is 47.1 Å². The number of rotatable bonds is 6. The fourth-order valence-corrected chi connectivity index (χ4v) is 4.14. The van der Waals surface area contributed by atoms with Crippen LogP contribution in [0.3, 0.4) is 0 Å². The van der Waals surface area contributed by atoms with Crippen LogP contribution in [0.2, 0.25) is 0 Å². The molecule has 0 amide bonds. The van der Waals surface area contributed by atoms with E-state index in [4.69, 9.17) is 5.73 Å². The normalized spacial score (nSPS) is 14.9. The number of anilines is 1. The van der Waals surface area contributed by atoms with E-state index in [1.54, 1.807) is 11.1 Å². The molecule has 0 heterocycles. The van der Waals surface area contributed by atoms with Crippen molar-refractivity contribution in [2.24, 2.45) is 0 Å². The van der Waals surface area contributed by atoms with E-state index in [0.29, 0.717) is 0 Å². The predicted octanol–water partition coefficient (Wildman–Crippen LogP) is 7.24. The molecule has 1 nitrogen and oxygen atoms in total. The van der Waals surface area contributed by atoms with Gasteiger partial charge in [0, 0.05) is 5.69 Å². The highest BCUT2D eigenvalue weighted by Gasteiger charge is 2.21. The topological polar surface area (TPSA) is 26.0 Å². The molecule has 0 saturated carbocycles. The molecule has 0 aromatic heterocycles. The zero-order chi connectivity index (χ0) is 19.2. The van der Waals surface area contributed by atoms with Gasteiger partial charge in [-0.3, -0.25) is 0 Å². The highest BCUT2D eigenvalue weighted by molar-refractivity contribution is 5.87. The number of nitrogens with two attached hydrogens (primary N) is 1.